The number of aromatic nitrogens is 1. The molecule has 7 nitrogen and oxygen atoms in total. The van der Waals surface area contributed by atoms with Crippen LogP contribution in [0.1, 0.15) is 65.3 Å². The van der Waals surface area contributed by atoms with E-state index in [9.17, 15) is 4.79 Å². The van der Waals surface area contributed by atoms with Crippen molar-refractivity contribution in [3.05, 3.63) is 74.1 Å². The van der Waals surface area contributed by atoms with Crippen molar-refractivity contribution in [2.75, 3.05) is 6.54 Å². The highest BCUT2D eigenvalue weighted by Crippen LogP contribution is 2.38. The van der Waals surface area contributed by atoms with Gasteiger partial charge in [-0.2, -0.15) is 5.26 Å². The molecule has 3 aromatic rings. The number of carbonyl (C=O) groups excluding carboxylic acids is 1. The second-order valence-corrected chi connectivity index (χ2v) is 10.6. The van der Waals surface area contributed by atoms with E-state index in [4.69, 9.17) is 15.8 Å². The van der Waals surface area contributed by atoms with Crippen molar-refractivity contribution >= 4 is 27.5 Å². The van der Waals surface area contributed by atoms with Gasteiger partial charge in [-0.05, 0) is 71.5 Å². The van der Waals surface area contributed by atoms with Crippen LogP contribution in [0.25, 0.3) is 20.7 Å². The van der Waals surface area contributed by atoms with Crippen LogP contribution in [0.4, 0.5) is 0 Å². The molecule has 0 bridgehead atoms. The third kappa shape index (κ3) is 5.00. The van der Waals surface area contributed by atoms with Crippen LogP contribution in [-0.4, -0.2) is 17.4 Å². The van der Waals surface area contributed by atoms with Crippen LogP contribution < -0.4 is 5.32 Å². The maximum atomic E-state index is 13.1. The molecule has 0 spiro atoms. The fraction of sp³-hybridized carbons (Fsp3) is 0.400. The third-order valence-corrected chi connectivity index (χ3v) is 7.44. The summed E-state index contributed by atoms with van der Waals surface area (Å²) in [6.07, 6.45) is 3.13. The highest BCUT2D eigenvalue weighted by Gasteiger charge is 2.29. The summed E-state index contributed by atoms with van der Waals surface area (Å²) in [5, 5.41) is 16.6. The lowest BCUT2D eigenvalue weighted by atomic mass is 9.71. The zero-order valence-corrected chi connectivity index (χ0v) is 19.8. The van der Waals surface area contributed by atoms with Gasteiger partial charge in [-0.3, -0.25) is 4.79 Å². The largest absolute Gasteiger partial charge is 0.344 e. The number of carbonyl (C=O) groups is 1. The van der Waals surface area contributed by atoms with Crippen molar-refractivity contribution in [3.63, 3.8) is 0 Å². The van der Waals surface area contributed by atoms with Gasteiger partial charge in [0.1, 0.15) is 4.83 Å². The topological polar surface area (TPSA) is 115 Å². The molecule has 2 heterocycles. The number of fused-ring (bicyclic) bond motifs is 2. The second kappa shape index (κ2) is 9.22. The Morgan fingerprint density at radius 2 is 2.12 bits per heavy atom. The number of thiophene rings is 1. The quantitative estimate of drug-likeness (QED) is 0.283. The first-order valence-corrected chi connectivity index (χ1v) is 11.8. The number of rotatable bonds is 5. The number of nitrogens with zero attached hydrogens (tertiary/aromatic N) is 5. The molecule has 1 aliphatic rings. The summed E-state index contributed by atoms with van der Waals surface area (Å²) in [6.45, 7) is 6.96. The lowest BCUT2D eigenvalue weighted by Crippen LogP contribution is -2.29. The average molecular weight is 459 g/mol. The Hall–Kier alpha value is -3.40. The molecule has 8 heteroatoms. The molecule has 0 radical (unpaired) electrons. The van der Waals surface area contributed by atoms with Crippen molar-refractivity contribution in [3.8, 4) is 6.07 Å². The van der Waals surface area contributed by atoms with Gasteiger partial charge < -0.3 is 5.32 Å². The SMILES string of the molecule is CC(C)(C)C1CCc2nc3sc(C(=O)N[C@H](CN=[N+]=[N-])c4ccc(C#N)cc4)cc3cc2C1. The van der Waals surface area contributed by atoms with Gasteiger partial charge in [-0.25, -0.2) is 4.98 Å². The van der Waals surface area contributed by atoms with Crippen molar-refractivity contribution in [2.24, 2.45) is 16.4 Å². The van der Waals surface area contributed by atoms with Gasteiger partial charge in [-0.15, -0.1) is 11.3 Å². The minimum Gasteiger partial charge on any atom is -0.344 e. The summed E-state index contributed by atoms with van der Waals surface area (Å²) in [6, 6.07) is 12.6. The minimum atomic E-state index is -0.486. The first kappa shape index (κ1) is 22.8. The van der Waals surface area contributed by atoms with Crippen LogP contribution in [0, 0.1) is 22.7 Å². The van der Waals surface area contributed by atoms with E-state index in [2.05, 4.69) is 48.2 Å². The molecule has 0 fully saturated rings. The van der Waals surface area contributed by atoms with Crippen molar-refractivity contribution < 1.29 is 4.79 Å². The number of aryl methyl sites for hydroxylation is 1. The molecule has 168 valence electrons. The maximum Gasteiger partial charge on any atom is 0.261 e. The highest BCUT2D eigenvalue weighted by molar-refractivity contribution is 7.20. The number of amides is 1. The predicted molar refractivity (Wildman–Crippen MR) is 130 cm³/mol. The fourth-order valence-corrected chi connectivity index (χ4v) is 5.28. The molecule has 1 N–H and O–H groups in total. The van der Waals surface area contributed by atoms with E-state index in [1.807, 2.05) is 6.07 Å². The van der Waals surface area contributed by atoms with E-state index in [1.165, 1.54) is 16.9 Å². The molecule has 4 rings (SSSR count). The van der Waals surface area contributed by atoms with Crippen LogP contribution >= 0.6 is 11.3 Å². The number of benzene rings is 1. The Labute approximate surface area is 197 Å². The maximum absolute atomic E-state index is 13.1. The van der Waals surface area contributed by atoms with Gasteiger partial charge in [0.25, 0.3) is 5.91 Å². The molecule has 33 heavy (non-hydrogen) atoms. The third-order valence-electron chi connectivity index (χ3n) is 6.40. The van der Waals surface area contributed by atoms with Gasteiger partial charge >= 0.3 is 0 Å². The van der Waals surface area contributed by atoms with Gasteiger partial charge in [0.05, 0.1) is 29.1 Å². The van der Waals surface area contributed by atoms with Crippen molar-refractivity contribution in [2.45, 2.75) is 46.1 Å². The average Bonchev–Trinajstić information content (AvgIpc) is 3.22. The molecular formula is C25H26N6OS. The lowest BCUT2D eigenvalue weighted by molar-refractivity contribution is 0.0942. The Bertz CT molecular complexity index is 1280. The van der Waals surface area contributed by atoms with Crippen molar-refractivity contribution in [1.29, 1.82) is 5.26 Å². The molecule has 2 atom stereocenters. The van der Waals surface area contributed by atoms with E-state index < -0.39 is 6.04 Å². The summed E-state index contributed by atoms with van der Waals surface area (Å²) in [7, 11) is 0. The van der Waals surface area contributed by atoms with Crippen LogP contribution in [0.2, 0.25) is 0 Å². The molecule has 0 saturated carbocycles. The highest BCUT2D eigenvalue weighted by atomic mass is 32.1. The van der Waals surface area contributed by atoms with Crippen LogP contribution in [0.15, 0.2) is 41.5 Å². The van der Waals surface area contributed by atoms with Gasteiger partial charge in [0.15, 0.2) is 0 Å². The molecule has 1 amide bonds. The summed E-state index contributed by atoms with van der Waals surface area (Å²) >= 11 is 1.38. The Balaban J connectivity index is 1.57. The normalized spacial score (nSPS) is 16.4. The molecule has 0 aliphatic heterocycles. The number of nitrogens with one attached hydrogen (secondary N) is 1. The summed E-state index contributed by atoms with van der Waals surface area (Å²) in [4.78, 5) is 22.2. The van der Waals surface area contributed by atoms with Crippen LogP contribution in [0.3, 0.4) is 0 Å². The molecule has 0 saturated heterocycles. The van der Waals surface area contributed by atoms with E-state index in [1.54, 1.807) is 24.3 Å². The first-order valence-electron chi connectivity index (χ1n) is 11.0. The van der Waals surface area contributed by atoms with Crippen molar-refractivity contribution in [1.82, 2.24) is 10.3 Å². The summed E-state index contributed by atoms with van der Waals surface area (Å²) < 4.78 is 0. The Kier molecular flexibility index (Phi) is 6.37. The number of azide groups is 1. The zero-order valence-electron chi connectivity index (χ0n) is 19.0. The standard InChI is InChI=1S/C25H26N6OS/c1-25(2,3)19-8-9-20-17(11-19)10-18-12-22(33-24(18)30-20)23(32)29-21(14-28-31-27)16-6-4-15(13-26)5-7-16/h4-7,10,12,19,21H,8-9,11,14H2,1-3H3,(H,29,32)/t19?,21-/m1/s1. The number of hydrogen-bond donors (Lipinski definition) is 1. The molecule has 1 unspecified atom stereocenters. The summed E-state index contributed by atoms with van der Waals surface area (Å²) in [5.74, 6) is 0.394. The first-order chi connectivity index (χ1) is 15.8. The Morgan fingerprint density at radius 1 is 1.36 bits per heavy atom. The van der Waals surface area contributed by atoms with E-state index in [-0.39, 0.29) is 17.9 Å². The Morgan fingerprint density at radius 3 is 2.79 bits per heavy atom. The number of pyridine rings is 1. The van der Waals surface area contributed by atoms with Gasteiger partial charge in [0.2, 0.25) is 0 Å². The lowest BCUT2D eigenvalue weighted by Gasteiger charge is -2.34. The predicted octanol–water partition coefficient (Wildman–Crippen LogP) is 6.10. The summed E-state index contributed by atoms with van der Waals surface area (Å²) in [5.41, 5.74) is 12.8. The molecule has 1 aliphatic carbocycles. The smallest absolute Gasteiger partial charge is 0.261 e. The van der Waals surface area contributed by atoms with Gasteiger partial charge in [0, 0.05) is 16.0 Å². The number of nitriles is 1. The second-order valence-electron chi connectivity index (χ2n) is 9.58. The van der Waals surface area contributed by atoms with Crippen LogP contribution in [-0.2, 0) is 12.8 Å². The van der Waals surface area contributed by atoms with E-state index in [0.717, 1.165) is 40.7 Å². The van der Waals surface area contributed by atoms with E-state index in [0.29, 0.717) is 16.4 Å². The number of hydrogen-bond acceptors (Lipinski definition) is 5. The van der Waals surface area contributed by atoms with E-state index >= 15 is 0 Å². The zero-order chi connectivity index (χ0) is 23.6. The molecule has 1 aromatic carbocycles. The van der Waals surface area contributed by atoms with Gasteiger partial charge in [-0.1, -0.05) is 38.0 Å². The van der Waals surface area contributed by atoms with Crippen LogP contribution in [0.5, 0.6) is 0 Å². The molecule has 2 aromatic heterocycles. The fourth-order valence-electron chi connectivity index (χ4n) is 4.35. The molecular weight excluding hydrogens is 432 g/mol. The minimum absolute atomic E-state index is 0.0831. The monoisotopic (exact) mass is 458 g/mol.